The molecule has 1 heterocycles. The Morgan fingerprint density at radius 2 is 1.78 bits per heavy atom. The van der Waals surface area contributed by atoms with E-state index in [4.69, 9.17) is 18.0 Å². The van der Waals surface area contributed by atoms with Crippen molar-refractivity contribution in [3.63, 3.8) is 0 Å². The average Bonchev–Trinajstić information content (AvgIpc) is 2.98. The van der Waals surface area contributed by atoms with Crippen LogP contribution in [0.1, 0.15) is 0 Å². The monoisotopic (exact) mass is 386 g/mol. The van der Waals surface area contributed by atoms with Crippen molar-refractivity contribution in [2.24, 2.45) is 16.0 Å². The van der Waals surface area contributed by atoms with Crippen LogP contribution >= 0.6 is 12.2 Å². The van der Waals surface area contributed by atoms with Crippen LogP contribution in [0.25, 0.3) is 11.3 Å². The molecule has 0 atom stereocenters. The van der Waals surface area contributed by atoms with Gasteiger partial charge in [0, 0.05) is 17.7 Å². The Morgan fingerprint density at radius 1 is 1.15 bits per heavy atom. The predicted molar refractivity (Wildman–Crippen MR) is 99.9 cm³/mol. The van der Waals surface area contributed by atoms with Gasteiger partial charge in [-0.15, -0.1) is 5.11 Å². The fourth-order valence-corrected chi connectivity index (χ4v) is 2.37. The van der Waals surface area contributed by atoms with Gasteiger partial charge in [0.25, 0.3) is 5.69 Å². The molecule has 9 nitrogen and oxygen atoms in total. The zero-order valence-electron chi connectivity index (χ0n) is 13.5. The minimum absolute atomic E-state index is 0.0963. The third-order valence-corrected chi connectivity index (χ3v) is 3.73. The van der Waals surface area contributed by atoms with Crippen molar-refractivity contribution in [3.8, 4) is 11.3 Å². The standard InChI is InChI=1S/C16H11FN6O3S/c17-10-3-5-11(6-4-10)19-20-14-13(21-22(15(14)24)16(18)27)9-1-7-12(8-2-9)23(25)26/h1-8,21H,(H2,18,27). The highest BCUT2D eigenvalue weighted by Gasteiger charge is 2.18. The van der Waals surface area contributed by atoms with Crippen molar-refractivity contribution in [3.05, 3.63) is 74.8 Å². The highest BCUT2D eigenvalue weighted by molar-refractivity contribution is 7.80. The van der Waals surface area contributed by atoms with Gasteiger partial charge >= 0.3 is 5.56 Å². The summed E-state index contributed by atoms with van der Waals surface area (Å²) in [7, 11) is 0. The molecule has 0 aliphatic rings. The number of benzene rings is 2. The fraction of sp³-hybridized carbons (Fsp3) is 0. The molecule has 136 valence electrons. The summed E-state index contributed by atoms with van der Waals surface area (Å²) in [6.45, 7) is 0. The summed E-state index contributed by atoms with van der Waals surface area (Å²) in [5.41, 5.74) is 5.68. The number of aromatic nitrogens is 2. The number of hydrogen-bond acceptors (Lipinski definition) is 6. The van der Waals surface area contributed by atoms with E-state index in [0.29, 0.717) is 11.3 Å². The Balaban J connectivity index is 2.09. The zero-order valence-corrected chi connectivity index (χ0v) is 14.3. The SMILES string of the molecule is NC(=S)n1[nH]c(-c2ccc([N+](=O)[O-])cc2)c(N=Nc2ccc(F)cc2)c1=O. The van der Waals surface area contributed by atoms with E-state index in [0.717, 1.165) is 4.68 Å². The van der Waals surface area contributed by atoms with Gasteiger partial charge in [-0.05, 0) is 48.6 Å². The molecule has 0 aliphatic heterocycles. The summed E-state index contributed by atoms with van der Waals surface area (Å²) in [4.78, 5) is 22.8. The Morgan fingerprint density at radius 3 is 2.33 bits per heavy atom. The van der Waals surface area contributed by atoms with Crippen molar-refractivity contribution >= 4 is 34.4 Å². The molecule has 0 fully saturated rings. The second kappa shape index (κ2) is 7.25. The third-order valence-electron chi connectivity index (χ3n) is 3.55. The number of thiocarbonyl (C=S) groups is 1. The average molecular weight is 386 g/mol. The van der Waals surface area contributed by atoms with Gasteiger partial charge in [0.1, 0.15) is 5.82 Å². The van der Waals surface area contributed by atoms with E-state index in [-0.39, 0.29) is 22.2 Å². The van der Waals surface area contributed by atoms with Gasteiger partial charge in [0.15, 0.2) is 10.8 Å². The lowest BCUT2D eigenvalue weighted by Gasteiger charge is -2.00. The third kappa shape index (κ3) is 3.77. The zero-order chi connectivity index (χ0) is 19.6. The number of aromatic amines is 1. The Labute approximate surface area is 156 Å². The number of nitrogens with zero attached hydrogens (tertiary/aromatic N) is 4. The Kier molecular flexibility index (Phi) is 4.86. The topological polar surface area (TPSA) is 132 Å². The number of nitrogens with one attached hydrogen (secondary N) is 1. The van der Waals surface area contributed by atoms with Crippen LogP contribution in [0.5, 0.6) is 0 Å². The van der Waals surface area contributed by atoms with Gasteiger partial charge in [-0.2, -0.15) is 9.80 Å². The lowest BCUT2D eigenvalue weighted by atomic mass is 10.1. The number of non-ortho nitro benzene ring substituents is 1. The highest BCUT2D eigenvalue weighted by atomic mass is 32.1. The molecule has 0 radical (unpaired) electrons. The van der Waals surface area contributed by atoms with Crippen LogP contribution in [-0.2, 0) is 0 Å². The summed E-state index contributed by atoms with van der Waals surface area (Å²) in [6, 6.07) is 10.7. The predicted octanol–water partition coefficient (Wildman–Crippen LogP) is 3.40. The number of nitrogens with two attached hydrogens (primary N) is 1. The quantitative estimate of drug-likeness (QED) is 0.307. The number of halogens is 1. The molecule has 3 aromatic rings. The van der Waals surface area contributed by atoms with E-state index in [1.807, 2.05) is 0 Å². The molecule has 27 heavy (non-hydrogen) atoms. The van der Waals surface area contributed by atoms with E-state index in [1.165, 1.54) is 48.5 Å². The lowest BCUT2D eigenvalue weighted by Crippen LogP contribution is -2.29. The summed E-state index contributed by atoms with van der Waals surface area (Å²) in [5.74, 6) is -0.432. The van der Waals surface area contributed by atoms with Gasteiger partial charge in [-0.25, -0.2) is 4.39 Å². The van der Waals surface area contributed by atoms with E-state index < -0.39 is 16.3 Å². The molecular formula is C16H11FN6O3S. The second-order valence-electron chi connectivity index (χ2n) is 5.29. The summed E-state index contributed by atoms with van der Waals surface area (Å²) in [6.07, 6.45) is 0. The van der Waals surface area contributed by atoms with Gasteiger partial charge in [0.2, 0.25) is 0 Å². The number of nitro benzene ring substituents is 1. The second-order valence-corrected chi connectivity index (χ2v) is 5.71. The first-order valence-electron chi connectivity index (χ1n) is 7.44. The molecule has 3 rings (SSSR count). The molecule has 0 spiro atoms. The number of hydrogen-bond donors (Lipinski definition) is 2. The normalized spacial score (nSPS) is 11.0. The van der Waals surface area contributed by atoms with Gasteiger partial charge in [-0.1, -0.05) is 0 Å². The first kappa shape index (κ1) is 18.1. The van der Waals surface area contributed by atoms with Crippen LogP contribution in [0.3, 0.4) is 0 Å². The van der Waals surface area contributed by atoms with Crippen LogP contribution in [0.4, 0.5) is 21.5 Å². The largest absolute Gasteiger partial charge is 0.374 e. The van der Waals surface area contributed by atoms with E-state index in [2.05, 4.69) is 15.3 Å². The number of H-pyrrole nitrogens is 1. The minimum atomic E-state index is -0.637. The van der Waals surface area contributed by atoms with Crippen LogP contribution in [-0.4, -0.2) is 19.8 Å². The van der Waals surface area contributed by atoms with Gasteiger partial charge in [-0.3, -0.25) is 20.0 Å². The van der Waals surface area contributed by atoms with Crippen molar-refractivity contribution in [1.29, 1.82) is 0 Å². The van der Waals surface area contributed by atoms with E-state index in [1.54, 1.807) is 0 Å². The molecule has 2 aromatic carbocycles. The van der Waals surface area contributed by atoms with Crippen LogP contribution in [0, 0.1) is 15.9 Å². The maximum absolute atomic E-state index is 13.0. The molecule has 0 bridgehead atoms. The fourth-order valence-electron chi connectivity index (χ4n) is 2.24. The van der Waals surface area contributed by atoms with Crippen molar-refractivity contribution in [2.45, 2.75) is 0 Å². The number of nitro groups is 1. The van der Waals surface area contributed by atoms with Crippen molar-refractivity contribution < 1.29 is 9.31 Å². The highest BCUT2D eigenvalue weighted by Crippen LogP contribution is 2.28. The van der Waals surface area contributed by atoms with E-state index >= 15 is 0 Å². The minimum Gasteiger partial charge on any atom is -0.374 e. The summed E-state index contributed by atoms with van der Waals surface area (Å²) < 4.78 is 13.9. The molecule has 1 aromatic heterocycles. The molecule has 0 unspecified atom stereocenters. The summed E-state index contributed by atoms with van der Waals surface area (Å²) in [5, 5.41) is 21.1. The first-order valence-corrected chi connectivity index (χ1v) is 7.84. The molecule has 0 aliphatic carbocycles. The number of rotatable bonds is 4. The van der Waals surface area contributed by atoms with Crippen molar-refractivity contribution in [1.82, 2.24) is 9.78 Å². The first-order chi connectivity index (χ1) is 12.9. The van der Waals surface area contributed by atoms with Crippen LogP contribution < -0.4 is 11.3 Å². The van der Waals surface area contributed by atoms with Gasteiger partial charge in [0.05, 0.1) is 16.3 Å². The van der Waals surface area contributed by atoms with Crippen LogP contribution in [0.2, 0.25) is 0 Å². The summed E-state index contributed by atoms with van der Waals surface area (Å²) >= 11 is 4.83. The molecule has 3 N–H and O–H groups in total. The Bertz CT molecular complexity index is 1100. The Hall–Kier alpha value is -3.73. The smallest absolute Gasteiger partial charge is 0.301 e. The molecule has 0 saturated heterocycles. The molecule has 11 heteroatoms. The maximum Gasteiger partial charge on any atom is 0.301 e. The number of azo groups is 1. The van der Waals surface area contributed by atoms with E-state index in [9.17, 15) is 19.3 Å². The lowest BCUT2D eigenvalue weighted by molar-refractivity contribution is -0.384. The van der Waals surface area contributed by atoms with Crippen LogP contribution in [0.15, 0.2) is 63.6 Å². The van der Waals surface area contributed by atoms with Crippen molar-refractivity contribution in [2.75, 3.05) is 0 Å². The maximum atomic E-state index is 13.0. The molecule has 0 saturated carbocycles. The molecular weight excluding hydrogens is 375 g/mol. The molecule has 0 amide bonds. The van der Waals surface area contributed by atoms with Gasteiger partial charge < -0.3 is 5.73 Å².